The summed E-state index contributed by atoms with van der Waals surface area (Å²) >= 11 is 0. The molecule has 0 aromatic heterocycles. The molecule has 0 radical (unpaired) electrons. The van der Waals surface area contributed by atoms with E-state index in [4.69, 9.17) is 14.2 Å². The second kappa shape index (κ2) is 9.10. The number of anilines is 1. The summed E-state index contributed by atoms with van der Waals surface area (Å²) in [6.07, 6.45) is 0. The highest BCUT2D eigenvalue weighted by molar-refractivity contribution is 5.93. The predicted octanol–water partition coefficient (Wildman–Crippen LogP) is 3.09. The fourth-order valence-corrected chi connectivity index (χ4v) is 2.68. The first-order valence-electron chi connectivity index (χ1n) is 8.30. The molecule has 2 rings (SSSR count). The van der Waals surface area contributed by atoms with Gasteiger partial charge in [0.2, 0.25) is 5.91 Å². The molecule has 140 valence electrons. The Labute approximate surface area is 154 Å². The van der Waals surface area contributed by atoms with E-state index in [1.54, 1.807) is 21.3 Å². The fraction of sp³-hybridized carbons (Fsp3) is 0.350. The zero-order chi connectivity index (χ0) is 19.1. The maximum Gasteiger partial charge on any atom is 0.238 e. The molecule has 2 aromatic carbocycles. The Hall–Kier alpha value is -2.73. The minimum atomic E-state index is -0.108. The summed E-state index contributed by atoms with van der Waals surface area (Å²) in [5.41, 5.74) is 2.71. The third-order valence-electron chi connectivity index (χ3n) is 3.98. The monoisotopic (exact) mass is 358 g/mol. The molecule has 0 saturated heterocycles. The SMILES string of the molecule is COc1ccc(CN(C)CC(=O)Nc2cc(C)ccc2OC)c(OC)c1. The van der Waals surface area contributed by atoms with Gasteiger partial charge in [0.15, 0.2) is 0 Å². The lowest BCUT2D eigenvalue weighted by atomic mass is 10.1. The number of aryl methyl sites for hydroxylation is 1. The number of hydrogen-bond acceptors (Lipinski definition) is 5. The summed E-state index contributed by atoms with van der Waals surface area (Å²) < 4.78 is 15.9. The Morgan fingerprint density at radius 3 is 2.38 bits per heavy atom. The van der Waals surface area contributed by atoms with E-state index in [9.17, 15) is 4.79 Å². The average molecular weight is 358 g/mol. The maximum absolute atomic E-state index is 12.4. The number of benzene rings is 2. The molecule has 6 heteroatoms. The standard InChI is InChI=1S/C20H26N2O4/c1-14-6-9-18(25-4)17(10-14)21-20(23)13-22(2)12-15-7-8-16(24-3)11-19(15)26-5/h6-11H,12-13H2,1-5H3,(H,21,23). The Bertz CT molecular complexity index is 761. The molecule has 0 aliphatic carbocycles. The van der Waals surface area contributed by atoms with Gasteiger partial charge in [-0.1, -0.05) is 12.1 Å². The number of amides is 1. The van der Waals surface area contributed by atoms with Gasteiger partial charge in [-0.15, -0.1) is 0 Å². The van der Waals surface area contributed by atoms with Crippen molar-refractivity contribution < 1.29 is 19.0 Å². The summed E-state index contributed by atoms with van der Waals surface area (Å²) in [5, 5.41) is 2.91. The molecule has 6 nitrogen and oxygen atoms in total. The van der Waals surface area contributed by atoms with Crippen molar-refractivity contribution in [2.45, 2.75) is 13.5 Å². The Balaban J connectivity index is 2.01. The lowest BCUT2D eigenvalue weighted by molar-refractivity contribution is -0.117. The van der Waals surface area contributed by atoms with Gasteiger partial charge >= 0.3 is 0 Å². The zero-order valence-electron chi connectivity index (χ0n) is 16.0. The van der Waals surface area contributed by atoms with Crippen molar-refractivity contribution in [2.24, 2.45) is 0 Å². The van der Waals surface area contributed by atoms with E-state index in [1.807, 2.05) is 55.3 Å². The molecule has 0 aliphatic rings. The van der Waals surface area contributed by atoms with E-state index in [-0.39, 0.29) is 12.5 Å². The van der Waals surface area contributed by atoms with Gasteiger partial charge in [0.25, 0.3) is 0 Å². The van der Waals surface area contributed by atoms with Gasteiger partial charge in [-0.3, -0.25) is 9.69 Å². The van der Waals surface area contributed by atoms with Crippen molar-refractivity contribution in [1.29, 1.82) is 0 Å². The van der Waals surface area contributed by atoms with E-state index >= 15 is 0 Å². The third-order valence-corrected chi connectivity index (χ3v) is 3.98. The molecule has 0 aliphatic heterocycles. The van der Waals surface area contributed by atoms with Crippen LogP contribution >= 0.6 is 0 Å². The first kappa shape index (κ1) is 19.6. The first-order valence-corrected chi connectivity index (χ1v) is 8.30. The van der Waals surface area contributed by atoms with Crippen LogP contribution in [0.4, 0.5) is 5.69 Å². The minimum absolute atomic E-state index is 0.108. The van der Waals surface area contributed by atoms with Crippen molar-refractivity contribution in [2.75, 3.05) is 40.2 Å². The topological polar surface area (TPSA) is 60.0 Å². The van der Waals surface area contributed by atoms with Crippen LogP contribution < -0.4 is 19.5 Å². The summed E-state index contributed by atoms with van der Waals surface area (Å²) in [5.74, 6) is 2.00. The van der Waals surface area contributed by atoms with Crippen LogP contribution in [0, 0.1) is 6.92 Å². The van der Waals surface area contributed by atoms with Crippen LogP contribution in [0.25, 0.3) is 0 Å². The van der Waals surface area contributed by atoms with Gasteiger partial charge < -0.3 is 19.5 Å². The van der Waals surface area contributed by atoms with E-state index in [2.05, 4.69) is 5.32 Å². The molecule has 26 heavy (non-hydrogen) atoms. The van der Waals surface area contributed by atoms with Gasteiger partial charge in [0.1, 0.15) is 17.2 Å². The number of ether oxygens (including phenoxy) is 3. The highest BCUT2D eigenvalue weighted by Crippen LogP contribution is 2.26. The van der Waals surface area contributed by atoms with Crippen molar-refractivity contribution >= 4 is 11.6 Å². The number of hydrogen-bond donors (Lipinski definition) is 1. The molecule has 0 fully saturated rings. The number of nitrogens with zero attached hydrogens (tertiary/aromatic N) is 1. The highest BCUT2D eigenvalue weighted by Gasteiger charge is 2.13. The molecule has 0 bridgehead atoms. The summed E-state index contributed by atoms with van der Waals surface area (Å²) in [6.45, 7) is 2.79. The molecule has 1 N–H and O–H groups in total. The predicted molar refractivity (Wildman–Crippen MR) is 102 cm³/mol. The average Bonchev–Trinajstić information content (AvgIpc) is 2.62. The van der Waals surface area contributed by atoms with E-state index < -0.39 is 0 Å². The maximum atomic E-state index is 12.4. The van der Waals surface area contributed by atoms with Crippen molar-refractivity contribution in [1.82, 2.24) is 4.90 Å². The number of likely N-dealkylation sites (N-methyl/N-ethyl adjacent to an activating group) is 1. The molecule has 2 aromatic rings. The molecular formula is C20H26N2O4. The van der Waals surface area contributed by atoms with Gasteiger partial charge in [0, 0.05) is 18.2 Å². The van der Waals surface area contributed by atoms with Crippen LogP contribution in [0.15, 0.2) is 36.4 Å². The van der Waals surface area contributed by atoms with Crippen LogP contribution in [0.3, 0.4) is 0 Å². The molecule has 1 amide bonds. The van der Waals surface area contributed by atoms with Crippen LogP contribution in [-0.2, 0) is 11.3 Å². The van der Waals surface area contributed by atoms with Crippen molar-refractivity contribution in [3.63, 3.8) is 0 Å². The summed E-state index contributed by atoms with van der Waals surface area (Å²) in [6, 6.07) is 11.3. The highest BCUT2D eigenvalue weighted by atomic mass is 16.5. The van der Waals surface area contributed by atoms with Crippen LogP contribution in [0.2, 0.25) is 0 Å². The Morgan fingerprint density at radius 1 is 1.00 bits per heavy atom. The van der Waals surface area contributed by atoms with E-state index in [0.29, 0.717) is 18.0 Å². The first-order chi connectivity index (χ1) is 12.5. The second-order valence-corrected chi connectivity index (χ2v) is 6.10. The second-order valence-electron chi connectivity index (χ2n) is 6.10. The molecule has 0 heterocycles. The minimum Gasteiger partial charge on any atom is -0.497 e. The largest absolute Gasteiger partial charge is 0.497 e. The number of carbonyl (C=O) groups is 1. The summed E-state index contributed by atoms with van der Waals surface area (Å²) in [4.78, 5) is 14.3. The Kier molecular flexibility index (Phi) is 6.86. The quantitative estimate of drug-likeness (QED) is 0.786. The van der Waals surface area contributed by atoms with Crippen molar-refractivity contribution in [3.8, 4) is 17.2 Å². The number of carbonyl (C=O) groups excluding carboxylic acids is 1. The zero-order valence-corrected chi connectivity index (χ0v) is 16.0. The molecule has 0 unspecified atom stereocenters. The van der Waals surface area contributed by atoms with Gasteiger partial charge in [-0.2, -0.15) is 0 Å². The normalized spacial score (nSPS) is 10.5. The molecule has 0 spiro atoms. The smallest absolute Gasteiger partial charge is 0.238 e. The number of methoxy groups -OCH3 is 3. The van der Waals surface area contributed by atoms with Crippen molar-refractivity contribution in [3.05, 3.63) is 47.5 Å². The molecule has 0 saturated carbocycles. The Morgan fingerprint density at radius 2 is 1.73 bits per heavy atom. The van der Waals surface area contributed by atoms with Crippen LogP contribution in [-0.4, -0.2) is 45.7 Å². The van der Waals surface area contributed by atoms with E-state index in [1.165, 1.54) is 0 Å². The lowest BCUT2D eigenvalue weighted by Crippen LogP contribution is -2.30. The van der Waals surface area contributed by atoms with Gasteiger partial charge in [-0.25, -0.2) is 0 Å². The third kappa shape index (κ3) is 5.13. The number of nitrogens with one attached hydrogen (secondary N) is 1. The van der Waals surface area contributed by atoms with Gasteiger partial charge in [-0.05, 0) is 37.7 Å². The van der Waals surface area contributed by atoms with Gasteiger partial charge in [0.05, 0.1) is 33.6 Å². The lowest BCUT2D eigenvalue weighted by Gasteiger charge is -2.19. The molecular weight excluding hydrogens is 332 g/mol. The fourth-order valence-electron chi connectivity index (χ4n) is 2.68. The van der Waals surface area contributed by atoms with E-state index in [0.717, 1.165) is 22.6 Å². The summed E-state index contributed by atoms with van der Waals surface area (Å²) in [7, 11) is 6.71. The number of rotatable bonds is 8. The molecule has 0 atom stereocenters. The van der Waals surface area contributed by atoms with Crippen LogP contribution in [0.1, 0.15) is 11.1 Å². The van der Waals surface area contributed by atoms with Crippen LogP contribution in [0.5, 0.6) is 17.2 Å².